The van der Waals surface area contributed by atoms with E-state index in [-0.39, 0.29) is 5.56 Å². The van der Waals surface area contributed by atoms with Crippen molar-refractivity contribution in [1.29, 1.82) is 0 Å². The summed E-state index contributed by atoms with van der Waals surface area (Å²) in [5.41, 5.74) is 5.16. The summed E-state index contributed by atoms with van der Waals surface area (Å²) >= 11 is 0. The highest BCUT2D eigenvalue weighted by atomic mass is 16.5. The van der Waals surface area contributed by atoms with E-state index >= 15 is 0 Å². The molecule has 1 aliphatic rings. The third-order valence-electron chi connectivity index (χ3n) is 7.05. The summed E-state index contributed by atoms with van der Waals surface area (Å²) in [6, 6.07) is 27.2. The minimum absolute atomic E-state index is 0.244. The maximum Gasteiger partial charge on any atom is 0.281 e. The normalized spacial score (nSPS) is 13.6. The van der Waals surface area contributed by atoms with E-state index in [1.807, 2.05) is 89.4 Å². The summed E-state index contributed by atoms with van der Waals surface area (Å²) in [6.07, 6.45) is 5.23. The topological polar surface area (TPSA) is 90.4 Å². The molecule has 0 bridgehead atoms. The first-order chi connectivity index (χ1) is 19.8. The molecule has 0 spiro atoms. The Morgan fingerprint density at radius 3 is 2.20 bits per heavy atom. The first-order valence-electron chi connectivity index (χ1n) is 13.1. The SMILES string of the molecule is O=c1c(-c2ccccc2)c(-c2ccccc2)cnn1-c1cc(N2CCOCC2)n2nc(-c3ccncc3)cc2n1. The standard InChI is InChI=1S/C31H25N7O2/c39-31-30(24-9-5-2-6-10-24)25(22-7-3-1-4-8-22)21-33-38(31)28-20-29(36-15-17-40-18-16-36)37-27(34-28)19-26(35-37)23-11-13-32-14-12-23/h1-14,19-21H,15-18H2. The number of anilines is 1. The number of morpholine rings is 1. The first-order valence-corrected chi connectivity index (χ1v) is 13.1. The summed E-state index contributed by atoms with van der Waals surface area (Å²) in [6.45, 7) is 2.63. The molecule has 0 N–H and O–H groups in total. The van der Waals surface area contributed by atoms with E-state index in [9.17, 15) is 4.79 Å². The molecule has 5 heterocycles. The van der Waals surface area contributed by atoms with Gasteiger partial charge in [0, 0.05) is 48.7 Å². The minimum Gasteiger partial charge on any atom is -0.378 e. The number of nitrogens with zero attached hydrogens (tertiary/aromatic N) is 7. The van der Waals surface area contributed by atoms with Crippen LogP contribution in [0.5, 0.6) is 0 Å². The molecule has 40 heavy (non-hydrogen) atoms. The molecule has 0 radical (unpaired) electrons. The predicted octanol–water partition coefficient (Wildman–Crippen LogP) is 4.51. The fourth-order valence-electron chi connectivity index (χ4n) is 5.07. The second-order valence-electron chi connectivity index (χ2n) is 9.49. The van der Waals surface area contributed by atoms with Gasteiger partial charge < -0.3 is 9.64 Å². The lowest BCUT2D eigenvalue weighted by atomic mass is 9.97. The Morgan fingerprint density at radius 1 is 0.775 bits per heavy atom. The van der Waals surface area contributed by atoms with Crippen LogP contribution in [0.1, 0.15) is 0 Å². The largest absolute Gasteiger partial charge is 0.378 e. The van der Waals surface area contributed by atoms with Crippen molar-refractivity contribution in [3.05, 3.63) is 114 Å². The summed E-state index contributed by atoms with van der Waals surface area (Å²) < 4.78 is 8.81. The van der Waals surface area contributed by atoms with Crippen LogP contribution in [-0.2, 0) is 4.74 Å². The van der Waals surface area contributed by atoms with E-state index in [1.165, 1.54) is 4.68 Å². The highest BCUT2D eigenvalue weighted by Gasteiger charge is 2.22. The number of ether oxygens (including phenoxy) is 1. The van der Waals surface area contributed by atoms with Crippen LogP contribution in [0.3, 0.4) is 0 Å². The maximum atomic E-state index is 14.2. The summed E-state index contributed by atoms with van der Waals surface area (Å²) in [5.74, 6) is 1.25. The summed E-state index contributed by atoms with van der Waals surface area (Å²) in [4.78, 5) is 25.4. The molecule has 2 aromatic carbocycles. The molecule has 1 saturated heterocycles. The van der Waals surface area contributed by atoms with Crippen LogP contribution in [0.15, 0.2) is 108 Å². The number of hydrogen-bond donors (Lipinski definition) is 0. The number of hydrogen-bond acceptors (Lipinski definition) is 7. The monoisotopic (exact) mass is 527 g/mol. The van der Waals surface area contributed by atoms with Gasteiger partial charge in [-0.3, -0.25) is 9.78 Å². The quantitative estimate of drug-likeness (QED) is 0.326. The Kier molecular flexibility index (Phi) is 6.10. The van der Waals surface area contributed by atoms with Gasteiger partial charge >= 0.3 is 0 Å². The van der Waals surface area contributed by atoms with E-state index < -0.39 is 0 Å². The number of fused-ring (bicyclic) bond motifs is 1. The van der Waals surface area contributed by atoms with E-state index in [0.717, 1.165) is 33.8 Å². The lowest BCUT2D eigenvalue weighted by molar-refractivity contribution is 0.122. The van der Waals surface area contributed by atoms with Crippen molar-refractivity contribution in [2.24, 2.45) is 0 Å². The molecular formula is C31H25N7O2. The van der Waals surface area contributed by atoms with Gasteiger partial charge in [-0.2, -0.15) is 19.4 Å². The summed E-state index contributed by atoms with van der Waals surface area (Å²) in [7, 11) is 0. The van der Waals surface area contributed by atoms with E-state index in [4.69, 9.17) is 14.8 Å². The molecule has 0 saturated carbocycles. The van der Waals surface area contributed by atoms with Crippen molar-refractivity contribution in [1.82, 2.24) is 29.4 Å². The van der Waals surface area contributed by atoms with Crippen LogP contribution >= 0.6 is 0 Å². The highest BCUT2D eigenvalue weighted by molar-refractivity contribution is 5.82. The van der Waals surface area contributed by atoms with E-state index in [2.05, 4.69) is 15.0 Å². The van der Waals surface area contributed by atoms with Gasteiger partial charge in [0.2, 0.25) is 0 Å². The van der Waals surface area contributed by atoms with Crippen LogP contribution < -0.4 is 10.5 Å². The van der Waals surface area contributed by atoms with Crippen LogP contribution in [0.2, 0.25) is 0 Å². The average molecular weight is 528 g/mol. The zero-order valence-electron chi connectivity index (χ0n) is 21.6. The Bertz CT molecular complexity index is 1850. The van der Waals surface area contributed by atoms with Gasteiger partial charge in [0.25, 0.3) is 5.56 Å². The van der Waals surface area contributed by atoms with Crippen LogP contribution in [0, 0.1) is 0 Å². The Labute approximate surface area is 230 Å². The van der Waals surface area contributed by atoms with Gasteiger partial charge in [0.05, 0.1) is 30.7 Å². The molecule has 0 amide bonds. The van der Waals surface area contributed by atoms with Gasteiger partial charge in [-0.05, 0) is 23.3 Å². The zero-order chi connectivity index (χ0) is 26.9. The number of aromatic nitrogens is 6. The molecule has 196 valence electrons. The second kappa shape index (κ2) is 10.2. The minimum atomic E-state index is -0.244. The number of rotatable bonds is 5. The molecule has 0 aliphatic carbocycles. The molecule has 1 fully saturated rings. The summed E-state index contributed by atoms with van der Waals surface area (Å²) in [5, 5.41) is 9.50. The van der Waals surface area contributed by atoms with Gasteiger partial charge in [0.1, 0.15) is 5.82 Å². The average Bonchev–Trinajstić information content (AvgIpc) is 3.47. The molecular weight excluding hydrogens is 502 g/mol. The smallest absolute Gasteiger partial charge is 0.281 e. The van der Waals surface area contributed by atoms with Gasteiger partial charge in [0.15, 0.2) is 11.5 Å². The second-order valence-corrected chi connectivity index (χ2v) is 9.49. The molecule has 1 aliphatic heterocycles. The van der Waals surface area contributed by atoms with Gasteiger partial charge in [-0.15, -0.1) is 0 Å². The third-order valence-corrected chi connectivity index (χ3v) is 7.05. The Morgan fingerprint density at radius 2 is 1.48 bits per heavy atom. The van der Waals surface area contributed by atoms with Crippen LogP contribution in [0.25, 0.3) is 45.0 Å². The van der Waals surface area contributed by atoms with E-state index in [1.54, 1.807) is 18.6 Å². The molecule has 9 heteroatoms. The Hall–Kier alpha value is -5.15. The number of pyridine rings is 1. The molecule has 7 rings (SSSR count). The lowest BCUT2D eigenvalue weighted by Crippen LogP contribution is -2.37. The van der Waals surface area contributed by atoms with Crippen LogP contribution in [0.4, 0.5) is 5.82 Å². The molecule has 4 aromatic heterocycles. The van der Waals surface area contributed by atoms with Gasteiger partial charge in [-0.25, -0.2) is 4.98 Å². The molecule has 0 unspecified atom stereocenters. The predicted molar refractivity (Wildman–Crippen MR) is 154 cm³/mol. The highest BCUT2D eigenvalue weighted by Crippen LogP contribution is 2.30. The maximum absolute atomic E-state index is 14.2. The van der Waals surface area contributed by atoms with E-state index in [0.29, 0.717) is 43.3 Å². The third kappa shape index (κ3) is 4.32. The fraction of sp³-hybridized carbons (Fsp3) is 0.129. The lowest BCUT2D eigenvalue weighted by Gasteiger charge is -2.29. The van der Waals surface area contributed by atoms with Crippen molar-refractivity contribution in [3.63, 3.8) is 0 Å². The first kappa shape index (κ1) is 23.9. The van der Waals surface area contributed by atoms with Crippen LogP contribution in [-0.4, -0.2) is 55.7 Å². The van der Waals surface area contributed by atoms with Crippen molar-refractivity contribution >= 4 is 11.5 Å². The van der Waals surface area contributed by atoms with Crippen molar-refractivity contribution in [2.75, 3.05) is 31.2 Å². The fourth-order valence-corrected chi connectivity index (χ4v) is 5.07. The Balaban J connectivity index is 1.45. The van der Waals surface area contributed by atoms with Crippen molar-refractivity contribution in [3.8, 4) is 39.3 Å². The molecule has 6 aromatic rings. The van der Waals surface area contributed by atoms with Crippen molar-refractivity contribution in [2.45, 2.75) is 0 Å². The zero-order valence-corrected chi connectivity index (χ0v) is 21.6. The molecule has 0 atom stereocenters. The van der Waals surface area contributed by atoms with Gasteiger partial charge in [-0.1, -0.05) is 60.7 Å². The molecule has 9 nitrogen and oxygen atoms in total. The van der Waals surface area contributed by atoms with Crippen molar-refractivity contribution < 1.29 is 4.74 Å². The number of benzene rings is 2.